The van der Waals surface area contributed by atoms with Crippen molar-refractivity contribution < 1.29 is 36.6 Å². The summed E-state index contributed by atoms with van der Waals surface area (Å²) in [6.45, 7) is 3.97. The van der Waals surface area contributed by atoms with Gasteiger partial charge in [-0.1, -0.05) is 108 Å². The Balaban J connectivity index is 1.28. The topological polar surface area (TPSA) is 52.6 Å². The largest absolute Gasteiger partial charge is 0.450 e. The van der Waals surface area contributed by atoms with Gasteiger partial charge in [-0.15, -0.1) is 0 Å². The predicted octanol–water partition coefficient (Wildman–Crippen LogP) is 11.1. The van der Waals surface area contributed by atoms with Gasteiger partial charge in [0.1, 0.15) is 5.75 Å². The Morgan fingerprint density at radius 3 is 2.00 bits per heavy atom. The summed E-state index contributed by atoms with van der Waals surface area (Å²) in [4.78, 5) is 25.5. The van der Waals surface area contributed by atoms with Crippen LogP contribution in [-0.4, -0.2) is 29.9 Å². The van der Waals surface area contributed by atoms with Crippen LogP contribution in [0.5, 0.6) is 5.75 Å². The minimum atomic E-state index is -4.76. The summed E-state index contributed by atoms with van der Waals surface area (Å²) in [6.07, 6.45) is 4.05. The van der Waals surface area contributed by atoms with Crippen molar-refractivity contribution in [1.29, 1.82) is 0 Å². The van der Waals surface area contributed by atoms with Gasteiger partial charge in [0.15, 0.2) is 6.10 Å². The van der Waals surface area contributed by atoms with Gasteiger partial charge in [0, 0.05) is 6.42 Å². The summed E-state index contributed by atoms with van der Waals surface area (Å²) in [7, 11) is 0. The molecular weight excluding hydrogens is 620 g/mol. The summed E-state index contributed by atoms with van der Waals surface area (Å²) < 4.78 is 65.9. The van der Waals surface area contributed by atoms with Crippen LogP contribution in [-0.2, 0) is 28.8 Å². The van der Waals surface area contributed by atoms with Crippen molar-refractivity contribution in [3.8, 4) is 16.9 Å². The molecule has 3 aromatic rings. The Morgan fingerprint density at radius 1 is 0.771 bits per heavy atom. The molecule has 0 aliphatic heterocycles. The van der Waals surface area contributed by atoms with E-state index in [1.54, 1.807) is 31.2 Å². The van der Waals surface area contributed by atoms with Crippen LogP contribution in [0.15, 0.2) is 66.7 Å². The maximum atomic E-state index is 15.6. The molecule has 4 nitrogen and oxygen atoms in total. The molecule has 0 heterocycles. The monoisotopic (exact) mass is 668 g/mol. The molecule has 1 aliphatic carbocycles. The lowest BCUT2D eigenvalue weighted by molar-refractivity contribution is -0.229. The Bertz CT molecular complexity index is 1470. The van der Waals surface area contributed by atoms with E-state index in [4.69, 9.17) is 4.74 Å². The fourth-order valence-electron chi connectivity index (χ4n) is 6.17. The summed E-state index contributed by atoms with van der Waals surface area (Å²) >= 11 is 0. The van der Waals surface area contributed by atoms with E-state index in [0.717, 1.165) is 17.5 Å². The number of hydrogen-bond acceptors (Lipinski definition) is 4. The summed E-state index contributed by atoms with van der Waals surface area (Å²) in [6, 6.07) is 20.4. The second kappa shape index (κ2) is 17.6. The third-order valence-electron chi connectivity index (χ3n) is 9.18. The zero-order chi connectivity index (χ0) is 34.6. The number of benzene rings is 3. The molecule has 0 aromatic heterocycles. The molecule has 0 fully saturated rings. The third kappa shape index (κ3) is 10.7. The van der Waals surface area contributed by atoms with Crippen molar-refractivity contribution in [3.63, 3.8) is 0 Å². The highest BCUT2D eigenvalue weighted by molar-refractivity contribution is 5.91. The molecule has 2 atom stereocenters. The molecule has 8 heteroatoms. The molecule has 0 saturated carbocycles. The van der Waals surface area contributed by atoms with Gasteiger partial charge in [-0.05, 0) is 90.6 Å². The van der Waals surface area contributed by atoms with E-state index in [9.17, 15) is 22.8 Å². The Kier molecular flexibility index (Phi) is 13.7. The predicted molar refractivity (Wildman–Crippen MR) is 181 cm³/mol. The molecule has 0 amide bonds. The number of halogens is 4. The number of fused-ring (bicyclic) bond motifs is 1. The fourth-order valence-corrected chi connectivity index (χ4v) is 6.17. The van der Waals surface area contributed by atoms with E-state index in [0.29, 0.717) is 23.1 Å². The van der Waals surface area contributed by atoms with Gasteiger partial charge in [0.05, 0.1) is 5.56 Å². The highest BCUT2D eigenvalue weighted by atomic mass is 19.4. The minimum absolute atomic E-state index is 0.0879. The number of unbranched alkanes of at least 4 members (excludes halogenated alkanes) is 8. The normalized spacial score (nSPS) is 16.6. The highest BCUT2D eigenvalue weighted by Gasteiger charge is 2.49. The van der Waals surface area contributed by atoms with Crippen LogP contribution >= 0.6 is 0 Å². The van der Waals surface area contributed by atoms with E-state index in [-0.39, 0.29) is 25.0 Å². The van der Waals surface area contributed by atoms with Crippen LogP contribution < -0.4 is 4.74 Å². The molecule has 0 spiro atoms. The molecule has 260 valence electrons. The van der Waals surface area contributed by atoms with Crippen molar-refractivity contribution in [2.24, 2.45) is 0 Å². The van der Waals surface area contributed by atoms with Crippen molar-refractivity contribution >= 4 is 11.9 Å². The van der Waals surface area contributed by atoms with E-state index in [1.807, 2.05) is 12.1 Å². The average Bonchev–Trinajstić information content (AvgIpc) is 3.07. The van der Waals surface area contributed by atoms with Gasteiger partial charge in [-0.3, -0.25) is 0 Å². The quantitative estimate of drug-likeness (QED) is 0.0622. The first-order valence-corrected chi connectivity index (χ1v) is 17.5. The molecule has 0 radical (unpaired) electrons. The lowest BCUT2D eigenvalue weighted by Crippen LogP contribution is -2.45. The Morgan fingerprint density at radius 2 is 1.38 bits per heavy atom. The van der Waals surface area contributed by atoms with E-state index in [2.05, 4.69) is 35.9 Å². The second-order valence-electron chi connectivity index (χ2n) is 13.0. The lowest BCUT2D eigenvalue weighted by atomic mass is 9.81. The average molecular weight is 669 g/mol. The van der Waals surface area contributed by atoms with Crippen molar-refractivity contribution in [3.05, 3.63) is 89.0 Å². The fraction of sp³-hybridized carbons (Fsp3) is 0.500. The molecule has 0 saturated heterocycles. The lowest BCUT2D eigenvalue weighted by Gasteiger charge is -2.31. The first-order chi connectivity index (χ1) is 23.0. The Labute approximate surface area is 282 Å². The van der Waals surface area contributed by atoms with E-state index < -0.39 is 42.7 Å². The summed E-state index contributed by atoms with van der Waals surface area (Å²) in [5, 5.41) is 0. The minimum Gasteiger partial charge on any atom is -0.450 e. The van der Waals surface area contributed by atoms with Crippen LogP contribution in [0.4, 0.5) is 17.6 Å². The molecule has 48 heavy (non-hydrogen) atoms. The van der Waals surface area contributed by atoms with Crippen molar-refractivity contribution in [2.45, 2.75) is 128 Å². The van der Waals surface area contributed by atoms with Crippen LogP contribution in [0, 0.1) is 0 Å². The number of ether oxygens (including phenoxy) is 2. The van der Waals surface area contributed by atoms with Gasteiger partial charge >= 0.3 is 18.1 Å². The Hall–Kier alpha value is -3.68. The van der Waals surface area contributed by atoms with Crippen LogP contribution in [0.3, 0.4) is 0 Å². The summed E-state index contributed by atoms with van der Waals surface area (Å²) in [5.74, 6) is -1.77. The molecule has 0 bridgehead atoms. The zero-order valence-corrected chi connectivity index (χ0v) is 28.2. The third-order valence-corrected chi connectivity index (χ3v) is 9.18. The molecule has 4 rings (SSSR count). The molecule has 1 unspecified atom stereocenters. The smallest absolute Gasteiger partial charge is 0.425 e. The van der Waals surface area contributed by atoms with Gasteiger partial charge in [-0.25, -0.2) is 14.0 Å². The number of alkyl halides is 4. The van der Waals surface area contributed by atoms with Gasteiger partial charge in [0.2, 0.25) is 5.67 Å². The number of esters is 2. The standard InChI is InChI=1S/C40H48F4O4/c1-3-5-7-8-9-10-11-12-13-29-15-17-30(18-16-29)31-19-21-32(22-20-31)37(45)47-35-24-23-34-28-39(41,26-25-33(34)27-35)38(46)48-36(14-6-4-2)40(42,43)44/h15-24,27,36H,3-14,25-26,28H2,1-2H3/t36-,39?/m1/s1. The van der Waals surface area contributed by atoms with Gasteiger partial charge in [-0.2, -0.15) is 13.2 Å². The van der Waals surface area contributed by atoms with Crippen LogP contribution in [0.1, 0.15) is 118 Å². The molecule has 0 N–H and O–H groups in total. The number of aryl methyl sites for hydroxylation is 2. The number of rotatable bonds is 17. The van der Waals surface area contributed by atoms with Gasteiger partial charge < -0.3 is 9.47 Å². The number of carbonyl (C=O) groups excluding carboxylic acids is 2. The van der Waals surface area contributed by atoms with Crippen LogP contribution in [0.25, 0.3) is 11.1 Å². The number of hydrogen-bond donors (Lipinski definition) is 0. The number of carbonyl (C=O) groups is 2. The zero-order valence-electron chi connectivity index (χ0n) is 28.2. The molecular formula is C40H48F4O4. The maximum absolute atomic E-state index is 15.6. The van der Waals surface area contributed by atoms with Crippen molar-refractivity contribution in [2.75, 3.05) is 0 Å². The van der Waals surface area contributed by atoms with Crippen molar-refractivity contribution in [1.82, 2.24) is 0 Å². The first kappa shape index (κ1) is 37.1. The second-order valence-corrected chi connectivity index (χ2v) is 13.0. The highest BCUT2D eigenvalue weighted by Crippen LogP contribution is 2.37. The molecule has 3 aromatic carbocycles. The van der Waals surface area contributed by atoms with E-state index in [1.165, 1.54) is 63.0 Å². The first-order valence-electron chi connectivity index (χ1n) is 17.5. The van der Waals surface area contributed by atoms with Crippen LogP contribution in [0.2, 0.25) is 0 Å². The molecule has 1 aliphatic rings. The maximum Gasteiger partial charge on any atom is 0.425 e. The SMILES string of the molecule is CCCCCCCCCCc1ccc(-c2ccc(C(=O)Oc3ccc4c(c3)CCC(F)(C(=O)O[C@H](CCCC)C(F)(F)F)C4)cc2)cc1. The van der Waals surface area contributed by atoms with E-state index >= 15 is 4.39 Å². The summed E-state index contributed by atoms with van der Waals surface area (Å²) in [5.41, 5.74) is 2.31. The van der Waals surface area contributed by atoms with Gasteiger partial charge in [0.25, 0.3) is 0 Å².